The van der Waals surface area contributed by atoms with Gasteiger partial charge in [0.05, 0.1) is 12.6 Å². The maximum Gasteiger partial charge on any atom is 0.332 e. The van der Waals surface area contributed by atoms with Crippen molar-refractivity contribution in [1.29, 1.82) is 0 Å². The average molecular weight is 251 g/mol. The highest BCUT2D eigenvalue weighted by atomic mass is 16.6. The number of ether oxygens (including phenoxy) is 2. The summed E-state index contributed by atoms with van der Waals surface area (Å²) in [4.78, 5) is 10.6. The first kappa shape index (κ1) is 14.3. The van der Waals surface area contributed by atoms with E-state index in [4.69, 9.17) is 25.4 Å². The lowest BCUT2D eigenvalue weighted by atomic mass is 9.97. The summed E-state index contributed by atoms with van der Waals surface area (Å²) >= 11 is 0. The molecule has 0 saturated carbocycles. The third-order valence-electron chi connectivity index (χ3n) is 2.63. The fourth-order valence-corrected chi connectivity index (χ4v) is 1.57. The van der Waals surface area contributed by atoms with E-state index >= 15 is 0 Å². The van der Waals surface area contributed by atoms with E-state index in [1.54, 1.807) is 0 Å². The fourth-order valence-electron chi connectivity index (χ4n) is 1.57. The Hall–Kier alpha value is -0.770. The summed E-state index contributed by atoms with van der Waals surface area (Å²) in [5, 5.41) is 36.8. The summed E-state index contributed by atoms with van der Waals surface area (Å²) in [5.41, 5.74) is 5.54. The quantitative estimate of drug-likeness (QED) is 0.361. The number of nitrogens with two attached hydrogens (primary N) is 1. The van der Waals surface area contributed by atoms with Crippen molar-refractivity contribution in [2.45, 2.75) is 43.7 Å². The first-order chi connectivity index (χ1) is 7.88. The molecule has 0 unspecified atom stereocenters. The van der Waals surface area contributed by atoms with Gasteiger partial charge in [0, 0.05) is 0 Å². The zero-order chi connectivity index (χ0) is 13.2. The first-order valence-corrected chi connectivity index (χ1v) is 5.14. The van der Waals surface area contributed by atoms with Crippen LogP contribution in [0.3, 0.4) is 0 Å². The van der Waals surface area contributed by atoms with Crippen LogP contribution in [0.25, 0.3) is 0 Å². The number of carbonyl (C=O) groups is 1. The normalized spacial score (nSPS) is 39.9. The SMILES string of the molecule is C[C@H](O[C@@H]1[C@H](N)[C@H](O)O[C@@H](CO)[C@H]1O)C(=O)O. The van der Waals surface area contributed by atoms with Crippen LogP contribution in [0.5, 0.6) is 0 Å². The molecule has 0 aromatic heterocycles. The molecular weight excluding hydrogens is 234 g/mol. The van der Waals surface area contributed by atoms with Gasteiger partial charge in [-0.15, -0.1) is 0 Å². The molecule has 0 aliphatic carbocycles. The van der Waals surface area contributed by atoms with Crippen LogP contribution >= 0.6 is 0 Å². The standard InChI is InChI=1S/C9H17NO7/c1-3(8(13)14)16-7-5(10)9(15)17-4(2-11)6(7)12/h3-7,9,11-12,15H,2,10H2,1H3,(H,13,14)/t3-,4-,5-,6+,7+,9+/m0/s1. The van der Waals surface area contributed by atoms with E-state index < -0.39 is 49.3 Å². The van der Waals surface area contributed by atoms with Gasteiger partial charge in [0.1, 0.15) is 18.3 Å². The number of aliphatic hydroxyl groups is 3. The van der Waals surface area contributed by atoms with Gasteiger partial charge in [0.2, 0.25) is 0 Å². The molecule has 0 bridgehead atoms. The van der Waals surface area contributed by atoms with Crippen LogP contribution in [-0.4, -0.2) is 69.8 Å². The number of aliphatic hydroxyl groups excluding tert-OH is 3. The van der Waals surface area contributed by atoms with E-state index in [1.165, 1.54) is 6.92 Å². The van der Waals surface area contributed by atoms with Gasteiger partial charge in [-0.05, 0) is 6.92 Å². The Morgan fingerprint density at radius 3 is 2.59 bits per heavy atom. The molecule has 1 aliphatic rings. The molecule has 1 fully saturated rings. The molecule has 1 heterocycles. The van der Waals surface area contributed by atoms with E-state index in [9.17, 15) is 15.0 Å². The third-order valence-corrected chi connectivity index (χ3v) is 2.63. The van der Waals surface area contributed by atoms with E-state index in [-0.39, 0.29) is 0 Å². The predicted octanol–water partition coefficient (Wildman–Crippen LogP) is -2.76. The third kappa shape index (κ3) is 3.12. The Morgan fingerprint density at radius 2 is 2.12 bits per heavy atom. The molecular formula is C9H17NO7. The van der Waals surface area contributed by atoms with Gasteiger partial charge < -0.3 is 35.6 Å². The second-order valence-corrected chi connectivity index (χ2v) is 3.90. The van der Waals surface area contributed by atoms with E-state index in [2.05, 4.69) is 0 Å². The Morgan fingerprint density at radius 1 is 1.53 bits per heavy atom. The summed E-state index contributed by atoms with van der Waals surface area (Å²) in [7, 11) is 0. The van der Waals surface area contributed by atoms with Crippen molar-refractivity contribution in [3.63, 3.8) is 0 Å². The highest BCUT2D eigenvalue weighted by Crippen LogP contribution is 2.22. The average Bonchev–Trinajstić information content (AvgIpc) is 2.28. The zero-order valence-corrected chi connectivity index (χ0v) is 9.26. The van der Waals surface area contributed by atoms with Gasteiger partial charge in [-0.3, -0.25) is 0 Å². The van der Waals surface area contributed by atoms with E-state index in [1.807, 2.05) is 0 Å². The van der Waals surface area contributed by atoms with Gasteiger partial charge >= 0.3 is 5.97 Å². The lowest BCUT2D eigenvalue weighted by molar-refractivity contribution is -0.262. The maximum absolute atomic E-state index is 10.6. The Bertz CT molecular complexity index is 274. The number of rotatable bonds is 4. The Balaban J connectivity index is 2.74. The molecule has 100 valence electrons. The maximum atomic E-state index is 10.6. The van der Waals surface area contributed by atoms with Crippen molar-refractivity contribution >= 4 is 5.97 Å². The van der Waals surface area contributed by atoms with Crippen LogP contribution in [0.1, 0.15) is 6.92 Å². The minimum absolute atomic E-state index is 0.535. The summed E-state index contributed by atoms with van der Waals surface area (Å²) in [6, 6.07) is -1.09. The second kappa shape index (κ2) is 5.71. The summed E-state index contributed by atoms with van der Waals surface area (Å²) < 4.78 is 9.89. The molecule has 8 heteroatoms. The molecule has 1 rings (SSSR count). The van der Waals surface area contributed by atoms with Crippen molar-refractivity contribution in [1.82, 2.24) is 0 Å². The van der Waals surface area contributed by atoms with Crippen molar-refractivity contribution in [2.24, 2.45) is 5.73 Å². The molecule has 6 atom stereocenters. The fraction of sp³-hybridized carbons (Fsp3) is 0.889. The van der Waals surface area contributed by atoms with Crippen LogP contribution in [0.15, 0.2) is 0 Å². The molecule has 0 aromatic rings. The molecule has 0 spiro atoms. The summed E-state index contributed by atoms with van der Waals surface area (Å²) in [6.07, 6.45) is -6.11. The summed E-state index contributed by atoms with van der Waals surface area (Å²) in [6.45, 7) is 0.740. The summed E-state index contributed by atoms with van der Waals surface area (Å²) in [5.74, 6) is -1.22. The number of aliphatic carboxylic acids is 1. The van der Waals surface area contributed by atoms with Crippen LogP contribution < -0.4 is 5.73 Å². The first-order valence-electron chi connectivity index (χ1n) is 5.14. The molecule has 6 N–H and O–H groups in total. The van der Waals surface area contributed by atoms with E-state index in [0.717, 1.165) is 0 Å². The lowest BCUT2D eigenvalue weighted by Gasteiger charge is -2.41. The van der Waals surface area contributed by atoms with Crippen LogP contribution in [0, 0.1) is 0 Å². The second-order valence-electron chi connectivity index (χ2n) is 3.90. The Kier molecular flexibility index (Phi) is 4.80. The van der Waals surface area contributed by atoms with Crippen molar-refractivity contribution in [3.05, 3.63) is 0 Å². The van der Waals surface area contributed by atoms with Crippen LogP contribution in [0.4, 0.5) is 0 Å². The van der Waals surface area contributed by atoms with Gasteiger partial charge in [-0.2, -0.15) is 0 Å². The lowest BCUT2D eigenvalue weighted by Crippen LogP contribution is -2.63. The largest absolute Gasteiger partial charge is 0.479 e. The van der Waals surface area contributed by atoms with Crippen LogP contribution in [0.2, 0.25) is 0 Å². The number of hydrogen-bond donors (Lipinski definition) is 5. The molecule has 1 aliphatic heterocycles. The molecule has 0 aromatic carbocycles. The topological polar surface area (TPSA) is 142 Å². The van der Waals surface area contributed by atoms with Crippen LogP contribution in [-0.2, 0) is 14.3 Å². The van der Waals surface area contributed by atoms with Gasteiger partial charge in [-0.25, -0.2) is 4.79 Å². The van der Waals surface area contributed by atoms with Crippen molar-refractivity contribution < 1.29 is 34.7 Å². The predicted molar refractivity (Wildman–Crippen MR) is 53.9 cm³/mol. The number of carboxylic acids is 1. The molecule has 0 amide bonds. The smallest absolute Gasteiger partial charge is 0.332 e. The van der Waals surface area contributed by atoms with Gasteiger partial charge in [0.25, 0.3) is 0 Å². The van der Waals surface area contributed by atoms with E-state index in [0.29, 0.717) is 0 Å². The minimum Gasteiger partial charge on any atom is -0.479 e. The zero-order valence-electron chi connectivity index (χ0n) is 9.26. The number of carboxylic acid groups (broad SMARTS) is 1. The highest BCUT2D eigenvalue weighted by molar-refractivity contribution is 5.71. The molecule has 1 saturated heterocycles. The van der Waals surface area contributed by atoms with Crippen molar-refractivity contribution in [2.75, 3.05) is 6.61 Å². The number of hydrogen-bond acceptors (Lipinski definition) is 7. The molecule has 17 heavy (non-hydrogen) atoms. The van der Waals surface area contributed by atoms with Crippen molar-refractivity contribution in [3.8, 4) is 0 Å². The van der Waals surface area contributed by atoms with Gasteiger partial charge in [-0.1, -0.05) is 0 Å². The van der Waals surface area contributed by atoms with Gasteiger partial charge in [0.15, 0.2) is 12.4 Å². The highest BCUT2D eigenvalue weighted by Gasteiger charge is 2.44. The monoisotopic (exact) mass is 251 g/mol. The minimum atomic E-state index is -1.43. The Labute approximate surface area is 97.6 Å². The molecule has 8 nitrogen and oxygen atoms in total. The molecule has 0 radical (unpaired) electrons.